The van der Waals surface area contributed by atoms with Crippen LogP contribution in [0.4, 0.5) is 0 Å². The molecule has 0 aromatic rings. The predicted molar refractivity (Wildman–Crippen MR) is 288 cm³/mol. The number of hydrogen-bond donors (Lipinski definition) is 0. The first-order chi connectivity index (χ1) is 33.6. The first kappa shape index (κ1) is 65.5. The summed E-state index contributed by atoms with van der Waals surface area (Å²) in [5, 5.41) is 11.8. The molecule has 0 aliphatic heterocycles. The number of ether oxygens (including phenoxy) is 4. The van der Waals surface area contributed by atoms with Gasteiger partial charge in [-0.15, -0.1) is 0 Å². The zero-order valence-electron chi connectivity index (χ0n) is 44.9. The van der Waals surface area contributed by atoms with Gasteiger partial charge in [0.1, 0.15) is 13.2 Å². The van der Waals surface area contributed by atoms with Gasteiger partial charge in [0.05, 0.1) is 40.3 Å². The molecule has 0 aromatic heterocycles. The van der Waals surface area contributed by atoms with E-state index in [4.69, 9.17) is 18.9 Å². The lowest BCUT2D eigenvalue weighted by Gasteiger charge is -2.26. The topological polar surface area (TPSA) is 111 Å². The molecule has 0 saturated carbocycles. The van der Waals surface area contributed by atoms with Crippen LogP contribution in [0.15, 0.2) is 85.1 Å². The second kappa shape index (κ2) is 50.8. The number of esters is 2. The van der Waals surface area contributed by atoms with Crippen LogP contribution in [-0.4, -0.2) is 82.3 Å². The maximum Gasteiger partial charge on any atom is 0.306 e. The fraction of sp³-hybridized carbons (Fsp3) is 0.717. The van der Waals surface area contributed by atoms with E-state index in [9.17, 15) is 19.5 Å². The average molecular weight is 966 g/mol. The third-order valence-electron chi connectivity index (χ3n) is 11.6. The van der Waals surface area contributed by atoms with Gasteiger partial charge in [0, 0.05) is 12.8 Å². The Labute approximate surface area is 423 Å². The van der Waals surface area contributed by atoms with E-state index in [0.717, 1.165) is 89.9 Å². The van der Waals surface area contributed by atoms with Gasteiger partial charge in [0.15, 0.2) is 12.4 Å². The molecule has 2 atom stereocenters. The summed E-state index contributed by atoms with van der Waals surface area (Å²) in [5.41, 5.74) is 0. The lowest BCUT2D eigenvalue weighted by Crippen LogP contribution is -2.44. The molecule has 0 aromatic carbocycles. The Kier molecular flexibility index (Phi) is 48.2. The van der Waals surface area contributed by atoms with E-state index >= 15 is 0 Å². The fourth-order valence-electron chi connectivity index (χ4n) is 7.36. The molecule has 0 aliphatic carbocycles. The minimum atomic E-state index is -1.63. The van der Waals surface area contributed by atoms with E-state index in [2.05, 4.69) is 98.9 Å². The van der Waals surface area contributed by atoms with Crippen molar-refractivity contribution in [1.29, 1.82) is 0 Å². The smallest absolute Gasteiger partial charge is 0.306 e. The lowest BCUT2D eigenvalue weighted by molar-refractivity contribution is -0.870. The molecule has 2 unspecified atom stereocenters. The maximum absolute atomic E-state index is 12.9. The number of carbonyl (C=O) groups is 3. The number of aliphatic carboxylic acids is 1. The fourth-order valence-corrected chi connectivity index (χ4v) is 7.36. The van der Waals surface area contributed by atoms with Gasteiger partial charge in [-0.05, 0) is 89.9 Å². The SMILES string of the molecule is CC/C=C\C/C=C\C/C=C\C/C=C\CCCCCCCCCCCCCCC(=O)OC(COC(=O)CCCCCCCC/C=C\C/C=C\C/C=C\CCCCC)COC(OCC[N+](C)(C)C)C(=O)[O-]. The molecular weight excluding hydrogens is 863 g/mol. The number of nitrogens with zero attached hydrogens (tertiary/aromatic N) is 1. The Morgan fingerprint density at radius 2 is 0.826 bits per heavy atom. The summed E-state index contributed by atoms with van der Waals surface area (Å²) < 4.78 is 22.7. The summed E-state index contributed by atoms with van der Waals surface area (Å²) in [6, 6.07) is 0. The van der Waals surface area contributed by atoms with Crippen LogP contribution in [0, 0.1) is 0 Å². The molecule has 0 saturated heterocycles. The minimum absolute atomic E-state index is 0.141. The van der Waals surface area contributed by atoms with Crippen molar-refractivity contribution in [2.75, 3.05) is 47.5 Å². The molecule has 0 amide bonds. The summed E-state index contributed by atoms with van der Waals surface area (Å²) in [6.45, 7) is 4.59. The highest BCUT2D eigenvalue weighted by Crippen LogP contribution is 2.15. The van der Waals surface area contributed by atoms with E-state index in [1.807, 2.05) is 21.1 Å². The van der Waals surface area contributed by atoms with E-state index in [-0.39, 0.29) is 38.6 Å². The van der Waals surface area contributed by atoms with Gasteiger partial charge in [-0.2, -0.15) is 0 Å². The molecule has 0 bridgehead atoms. The zero-order valence-corrected chi connectivity index (χ0v) is 44.9. The third-order valence-corrected chi connectivity index (χ3v) is 11.6. The Morgan fingerprint density at radius 1 is 0.449 bits per heavy atom. The van der Waals surface area contributed by atoms with Gasteiger partial charge >= 0.3 is 11.9 Å². The predicted octanol–water partition coefficient (Wildman–Crippen LogP) is 14.7. The van der Waals surface area contributed by atoms with E-state index in [1.54, 1.807) is 0 Å². The van der Waals surface area contributed by atoms with Crippen molar-refractivity contribution in [3.63, 3.8) is 0 Å². The molecule has 0 fully saturated rings. The summed E-state index contributed by atoms with van der Waals surface area (Å²) in [4.78, 5) is 37.2. The highest BCUT2D eigenvalue weighted by molar-refractivity contribution is 5.70. The summed E-state index contributed by atoms with van der Waals surface area (Å²) >= 11 is 0. The normalized spacial score (nSPS) is 13.5. The minimum Gasteiger partial charge on any atom is -0.545 e. The van der Waals surface area contributed by atoms with Crippen LogP contribution in [-0.2, 0) is 33.3 Å². The number of rotatable bonds is 50. The number of carboxylic acids is 1. The Bertz CT molecular complexity index is 1400. The number of likely N-dealkylation sites (N-methyl/N-ethyl adjacent to an activating group) is 1. The molecule has 0 spiro atoms. The molecule has 0 aliphatic rings. The highest BCUT2D eigenvalue weighted by Gasteiger charge is 2.22. The molecule has 9 nitrogen and oxygen atoms in total. The van der Waals surface area contributed by atoms with Crippen LogP contribution >= 0.6 is 0 Å². The maximum atomic E-state index is 12.9. The zero-order chi connectivity index (χ0) is 50.6. The molecule has 0 radical (unpaired) electrons. The van der Waals surface area contributed by atoms with Crippen molar-refractivity contribution >= 4 is 17.9 Å². The summed E-state index contributed by atoms with van der Waals surface area (Å²) in [6.07, 6.45) is 63.3. The highest BCUT2D eigenvalue weighted by atomic mass is 16.7. The molecule has 9 heteroatoms. The number of allylic oxidation sites excluding steroid dienone is 14. The molecule has 396 valence electrons. The van der Waals surface area contributed by atoms with Gasteiger partial charge in [0.25, 0.3) is 0 Å². The first-order valence-electron chi connectivity index (χ1n) is 27.7. The Morgan fingerprint density at radius 3 is 1.23 bits per heavy atom. The second-order valence-electron chi connectivity index (χ2n) is 19.5. The van der Waals surface area contributed by atoms with Crippen molar-refractivity contribution in [2.45, 2.75) is 232 Å². The number of carbonyl (C=O) groups excluding carboxylic acids is 3. The van der Waals surface area contributed by atoms with Crippen LogP contribution in [0.3, 0.4) is 0 Å². The van der Waals surface area contributed by atoms with Crippen LogP contribution in [0.25, 0.3) is 0 Å². The number of unbranched alkanes of at least 4 members (excludes halogenated alkanes) is 21. The largest absolute Gasteiger partial charge is 0.545 e. The van der Waals surface area contributed by atoms with Gasteiger partial charge in [-0.3, -0.25) is 9.59 Å². The average Bonchev–Trinajstić information content (AvgIpc) is 3.31. The monoisotopic (exact) mass is 966 g/mol. The Balaban J connectivity index is 4.30. The van der Waals surface area contributed by atoms with Crippen LogP contribution in [0.5, 0.6) is 0 Å². The van der Waals surface area contributed by atoms with E-state index < -0.39 is 24.3 Å². The van der Waals surface area contributed by atoms with E-state index in [0.29, 0.717) is 17.4 Å². The quantitative estimate of drug-likeness (QED) is 0.0195. The lowest BCUT2D eigenvalue weighted by atomic mass is 10.0. The van der Waals surface area contributed by atoms with Crippen molar-refractivity contribution in [3.8, 4) is 0 Å². The molecule has 0 rings (SSSR count). The van der Waals surface area contributed by atoms with E-state index in [1.165, 1.54) is 96.3 Å². The molecule has 0 N–H and O–H groups in total. The summed E-state index contributed by atoms with van der Waals surface area (Å²) in [5.74, 6) is -2.31. The first-order valence-corrected chi connectivity index (χ1v) is 27.7. The van der Waals surface area contributed by atoms with Crippen LogP contribution in [0.1, 0.15) is 219 Å². The second-order valence-corrected chi connectivity index (χ2v) is 19.5. The van der Waals surface area contributed by atoms with Crippen molar-refractivity contribution < 1.29 is 42.9 Å². The van der Waals surface area contributed by atoms with Gasteiger partial charge in [-0.25, -0.2) is 0 Å². The van der Waals surface area contributed by atoms with Crippen LogP contribution < -0.4 is 5.11 Å². The van der Waals surface area contributed by atoms with Crippen molar-refractivity contribution in [2.24, 2.45) is 0 Å². The van der Waals surface area contributed by atoms with Gasteiger partial charge in [-0.1, -0.05) is 202 Å². The van der Waals surface area contributed by atoms with Crippen LogP contribution in [0.2, 0.25) is 0 Å². The molecular formula is C60H103NO8. The van der Waals surface area contributed by atoms with Crippen molar-refractivity contribution in [1.82, 2.24) is 0 Å². The number of hydrogen-bond acceptors (Lipinski definition) is 8. The van der Waals surface area contributed by atoms with Gasteiger partial charge in [0.2, 0.25) is 0 Å². The number of carboxylic acid groups (broad SMARTS) is 1. The summed E-state index contributed by atoms with van der Waals surface area (Å²) in [7, 11) is 5.91. The van der Waals surface area contributed by atoms with Gasteiger partial charge < -0.3 is 33.3 Å². The molecule has 69 heavy (non-hydrogen) atoms. The van der Waals surface area contributed by atoms with Crippen molar-refractivity contribution in [3.05, 3.63) is 85.1 Å². The Hall–Kier alpha value is -3.53. The molecule has 0 heterocycles. The third kappa shape index (κ3) is 52.1. The standard InChI is InChI=1S/C60H103NO8/c1-6-8-10-12-14-16-18-20-22-24-26-27-28-29-30-31-33-35-37-39-41-43-45-47-49-51-58(63)69-56(55-68-60(59(64)65)66-53-52-61(3,4)5)54-67-57(62)50-48-46-44-42-40-38-36-34-32-25-23-21-19-17-15-13-11-9-7-2/h8,10,14-17,20-23,26-27,32,34,56,60H,6-7,9,11-13,18-19,24-25,28-31,33,35-55H2,1-5H3/b10-8-,16-14-,17-15-,22-20-,23-21-,27-26-,34-32-. The number of quaternary nitrogens is 1.